The number of fused-ring (bicyclic) bond motifs is 1. The highest BCUT2D eigenvalue weighted by Crippen LogP contribution is 2.42. The van der Waals surface area contributed by atoms with Gasteiger partial charge in [0, 0.05) is 22.9 Å². The van der Waals surface area contributed by atoms with Crippen LogP contribution in [0.5, 0.6) is 5.75 Å². The van der Waals surface area contributed by atoms with Crippen LogP contribution >= 0.6 is 0 Å². The Morgan fingerprint density at radius 2 is 2.07 bits per heavy atom. The van der Waals surface area contributed by atoms with Gasteiger partial charge in [-0.25, -0.2) is 4.79 Å². The molecule has 0 radical (unpaired) electrons. The molecule has 0 saturated heterocycles. The van der Waals surface area contributed by atoms with Crippen molar-refractivity contribution in [2.24, 2.45) is 5.41 Å². The number of benzene rings is 1. The minimum atomic E-state index is -0.360. The first-order valence-corrected chi connectivity index (χ1v) is 9.97. The Kier molecular flexibility index (Phi) is 6.09. The van der Waals surface area contributed by atoms with Gasteiger partial charge in [-0.05, 0) is 63.8 Å². The number of hydrogen-bond donors (Lipinski definition) is 1. The van der Waals surface area contributed by atoms with Crippen LogP contribution in [0.4, 0.5) is 0 Å². The number of hydrogen-bond acceptors (Lipinski definition) is 4. The summed E-state index contributed by atoms with van der Waals surface area (Å²) in [6.07, 6.45) is 5.61. The molecule has 4 nitrogen and oxygen atoms in total. The molecule has 1 aromatic heterocycles. The van der Waals surface area contributed by atoms with Crippen molar-refractivity contribution in [3.05, 3.63) is 63.5 Å². The van der Waals surface area contributed by atoms with E-state index in [0.717, 1.165) is 31.1 Å². The summed E-state index contributed by atoms with van der Waals surface area (Å²) in [6, 6.07) is 8.68. The van der Waals surface area contributed by atoms with Crippen molar-refractivity contribution in [1.82, 2.24) is 0 Å². The van der Waals surface area contributed by atoms with E-state index >= 15 is 0 Å². The topological polar surface area (TPSA) is 59.7 Å². The van der Waals surface area contributed by atoms with E-state index in [1.807, 2.05) is 12.1 Å². The molecule has 3 rings (SSSR count). The van der Waals surface area contributed by atoms with Crippen molar-refractivity contribution >= 4 is 11.0 Å². The fourth-order valence-electron chi connectivity index (χ4n) is 3.99. The van der Waals surface area contributed by atoms with Gasteiger partial charge in [-0.3, -0.25) is 0 Å². The predicted molar refractivity (Wildman–Crippen MR) is 113 cm³/mol. The molecule has 1 N–H and O–H groups in total. The van der Waals surface area contributed by atoms with Gasteiger partial charge in [0.1, 0.15) is 17.9 Å². The lowest BCUT2D eigenvalue weighted by Gasteiger charge is -2.39. The van der Waals surface area contributed by atoms with Gasteiger partial charge in [-0.1, -0.05) is 30.6 Å². The van der Waals surface area contributed by atoms with Crippen LogP contribution in [0.25, 0.3) is 11.0 Å². The number of aliphatic hydroxyl groups excluding tert-OH is 1. The fourth-order valence-corrected chi connectivity index (χ4v) is 3.99. The van der Waals surface area contributed by atoms with Crippen LogP contribution in [-0.4, -0.2) is 17.8 Å². The maximum absolute atomic E-state index is 11.4. The first kappa shape index (κ1) is 20.4. The molecule has 0 amide bonds. The quantitative estimate of drug-likeness (QED) is 0.537. The molecular formula is C24H30O4. The molecule has 2 aromatic rings. The number of aliphatic hydroxyl groups is 1. The minimum absolute atomic E-state index is 0.145. The Bertz CT molecular complexity index is 962. The van der Waals surface area contributed by atoms with E-state index in [9.17, 15) is 9.90 Å². The Labute approximate surface area is 166 Å². The third-order valence-electron chi connectivity index (χ3n) is 5.96. The standard InChI is InChI=1S/C24H30O4/c1-16(5-10-20-17(2)6-11-22(25)24(20,3)4)13-14-27-19-9-7-18-8-12-23(26)28-21(18)15-19/h7-9,12-13,15,22,25H,5-6,10-11,14H2,1-4H3/b16-13+. The lowest BCUT2D eigenvalue weighted by atomic mass is 9.69. The largest absolute Gasteiger partial charge is 0.489 e. The van der Waals surface area contributed by atoms with Gasteiger partial charge < -0.3 is 14.3 Å². The van der Waals surface area contributed by atoms with Gasteiger partial charge in [0.15, 0.2) is 0 Å². The summed E-state index contributed by atoms with van der Waals surface area (Å²) in [6.45, 7) is 9.08. The SMILES string of the molecule is CC1=C(CC/C(C)=C/COc2ccc3ccc(=O)oc3c2)C(C)(C)C(O)CC1. The Morgan fingerprint density at radius 3 is 2.86 bits per heavy atom. The Hall–Kier alpha value is -2.33. The van der Waals surface area contributed by atoms with Crippen LogP contribution in [0.1, 0.15) is 53.4 Å². The zero-order valence-electron chi connectivity index (χ0n) is 17.2. The van der Waals surface area contributed by atoms with Crippen molar-refractivity contribution < 1.29 is 14.3 Å². The van der Waals surface area contributed by atoms with E-state index in [2.05, 4.69) is 33.8 Å². The second-order valence-corrected chi connectivity index (χ2v) is 8.35. The number of allylic oxidation sites excluding steroid dienone is 2. The molecule has 0 spiro atoms. The molecule has 4 heteroatoms. The Morgan fingerprint density at radius 1 is 1.32 bits per heavy atom. The first-order valence-electron chi connectivity index (χ1n) is 9.97. The van der Waals surface area contributed by atoms with Crippen molar-refractivity contribution in [2.45, 2.75) is 59.5 Å². The third kappa shape index (κ3) is 4.56. The second kappa shape index (κ2) is 8.36. The van der Waals surface area contributed by atoms with Crippen LogP contribution in [0.15, 0.2) is 62.3 Å². The van der Waals surface area contributed by atoms with E-state index < -0.39 is 0 Å². The minimum Gasteiger partial charge on any atom is -0.489 e. The molecule has 1 aliphatic rings. The molecule has 1 aromatic carbocycles. The van der Waals surface area contributed by atoms with Gasteiger partial charge in [-0.15, -0.1) is 0 Å². The zero-order chi connectivity index (χ0) is 20.3. The molecule has 0 aliphatic heterocycles. The highest BCUT2D eigenvalue weighted by atomic mass is 16.5. The van der Waals surface area contributed by atoms with Crippen molar-refractivity contribution in [2.75, 3.05) is 6.61 Å². The van der Waals surface area contributed by atoms with Crippen LogP contribution in [0.3, 0.4) is 0 Å². The van der Waals surface area contributed by atoms with Crippen LogP contribution in [-0.2, 0) is 0 Å². The van der Waals surface area contributed by atoms with Crippen LogP contribution < -0.4 is 10.4 Å². The summed E-state index contributed by atoms with van der Waals surface area (Å²) in [5, 5.41) is 11.2. The number of rotatable bonds is 6. The highest BCUT2D eigenvalue weighted by Gasteiger charge is 2.35. The van der Waals surface area contributed by atoms with Gasteiger partial charge in [-0.2, -0.15) is 0 Å². The third-order valence-corrected chi connectivity index (χ3v) is 5.96. The van der Waals surface area contributed by atoms with E-state index in [0.29, 0.717) is 17.9 Å². The molecule has 150 valence electrons. The van der Waals surface area contributed by atoms with E-state index in [1.165, 1.54) is 22.8 Å². The first-order chi connectivity index (χ1) is 13.3. The lowest BCUT2D eigenvalue weighted by molar-refractivity contribution is 0.0558. The molecule has 1 heterocycles. The Balaban J connectivity index is 1.58. The highest BCUT2D eigenvalue weighted by molar-refractivity contribution is 5.77. The molecule has 1 unspecified atom stereocenters. The molecule has 28 heavy (non-hydrogen) atoms. The monoisotopic (exact) mass is 382 g/mol. The van der Waals surface area contributed by atoms with Gasteiger partial charge in [0.2, 0.25) is 0 Å². The maximum Gasteiger partial charge on any atom is 0.336 e. The summed E-state index contributed by atoms with van der Waals surface area (Å²) in [5.41, 5.74) is 4.12. The zero-order valence-corrected chi connectivity index (χ0v) is 17.2. The molecule has 0 saturated carbocycles. The van der Waals surface area contributed by atoms with Gasteiger partial charge in [0.25, 0.3) is 0 Å². The fraction of sp³-hybridized carbons (Fsp3) is 0.458. The van der Waals surface area contributed by atoms with Crippen LogP contribution in [0, 0.1) is 5.41 Å². The smallest absolute Gasteiger partial charge is 0.336 e. The van der Waals surface area contributed by atoms with E-state index in [1.54, 1.807) is 12.1 Å². The molecule has 0 fully saturated rings. The molecule has 1 aliphatic carbocycles. The van der Waals surface area contributed by atoms with Gasteiger partial charge in [0.05, 0.1) is 6.10 Å². The molecule has 1 atom stereocenters. The van der Waals surface area contributed by atoms with E-state index in [-0.39, 0.29) is 17.1 Å². The van der Waals surface area contributed by atoms with Crippen LogP contribution in [0.2, 0.25) is 0 Å². The molecular weight excluding hydrogens is 352 g/mol. The predicted octanol–water partition coefficient (Wildman–Crippen LogP) is 5.40. The summed E-state index contributed by atoms with van der Waals surface area (Å²) >= 11 is 0. The maximum atomic E-state index is 11.4. The second-order valence-electron chi connectivity index (χ2n) is 8.35. The van der Waals surface area contributed by atoms with Crippen molar-refractivity contribution in [3.63, 3.8) is 0 Å². The summed E-state index contributed by atoms with van der Waals surface area (Å²) in [4.78, 5) is 11.4. The van der Waals surface area contributed by atoms with Gasteiger partial charge >= 0.3 is 5.63 Å². The van der Waals surface area contributed by atoms with E-state index in [4.69, 9.17) is 9.15 Å². The molecule has 0 bridgehead atoms. The number of ether oxygens (including phenoxy) is 1. The average Bonchev–Trinajstić information content (AvgIpc) is 2.64. The summed E-state index contributed by atoms with van der Waals surface area (Å²) in [5.74, 6) is 0.681. The van der Waals surface area contributed by atoms with Crippen molar-refractivity contribution in [3.8, 4) is 5.75 Å². The summed E-state index contributed by atoms with van der Waals surface area (Å²) < 4.78 is 11.0. The lowest BCUT2D eigenvalue weighted by Crippen LogP contribution is -2.35. The summed E-state index contributed by atoms with van der Waals surface area (Å²) in [7, 11) is 0. The normalized spacial score (nSPS) is 19.9. The van der Waals surface area contributed by atoms with Crippen molar-refractivity contribution in [1.29, 1.82) is 0 Å². The average molecular weight is 383 g/mol.